The number of carbonyl (C=O) groups excluding carboxylic acids is 1. The number of thioether (sulfide) groups is 1. The average molecular weight is 347 g/mol. The number of nitrogens with zero attached hydrogens (tertiary/aromatic N) is 4. The van der Waals surface area contributed by atoms with Gasteiger partial charge in [-0.1, -0.05) is 23.9 Å². The Bertz CT molecular complexity index is 780. The number of hydrogen-bond acceptors (Lipinski definition) is 6. The molecule has 1 aromatic carbocycles. The van der Waals surface area contributed by atoms with Gasteiger partial charge in [-0.2, -0.15) is 0 Å². The Labute approximate surface area is 142 Å². The first-order valence-electron chi connectivity index (χ1n) is 7.26. The molecule has 0 saturated carbocycles. The van der Waals surface area contributed by atoms with E-state index in [1.165, 1.54) is 16.5 Å². The van der Waals surface area contributed by atoms with Crippen LogP contribution < -0.4 is 5.32 Å². The summed E-state index contributed by atoms with van der Waals surface area (Å²) in [6, 6.07) is 8.07. The monoisotopic (exact) mass is 347 g/mol. The molecule has 0 aliphatic rings. The van der Waals surface area contributed by atoms with Crippen molar-refractivity contribution in [2.75, 3.05) is 6.54 Å². The van der Waals surface area contributed by atoms with E-state index < -0.39 is 0 Å². The predicted molar refractivity (Wildman–Crippen MR) is 92.7 cm³/mol. The first-order valence-corrected chi connectivity index (χ1v) is 8.96. The zero-order valence-corrected chi connectivity index (χ0v) is 14.5. The highest BCUT2D eigenvalue weighted by Gasteiger charge is 2.16. The lowest BCUT2D eigenvalue weighted by molar-refractivity contribution is -0.120. The van der Waals surface area contributed by atoms with Crippen LogP contribution in [0.3, 0.4) is 0 Å². The Hall–Kier alpha value is -1.93. The third kappa shape index (κ3) is 3.89. The molecule has 0 saturated heterocycles. The average Bonchev–Trinajstić information content (AvgIpc) is 3.13. The van der Waals surface area contributed by atoms with Crippen molar-refractivity contribution in [3.8, 4) is 0 Å². The summed E-state index contributed by atoms with van der Waals surface area (Å²) in [6.45, 7) is 2.45. The van der Waals surface area contributed by atoms with E-state index in [-0.39, 0.29) is 11.2 Å². The van der Waals surface area contributed by atoms with Crippen molar-refractivity contribution in [2.45, 2.75) is 23.8 Å². The molecule has 1 unspecified atom stereocenters. The van der Waals surface area contributed by atoms with Gasteiger partial charge in [0.25, 0.3) is 0 Å². The minimum Gasteiger partial charge on any atom is -0.355 e. The van der Waals surface area contributed by atoms with Crippen LogP contribution in [0.15, 0.2) is 35.7 Å². The van der Waals surface area contributed by atoms with Crippen molar-refractivity contribution in [2.24, 2.45) is 7.05 Å². The molecule has 0 aliphatic heterocycles. The molecule has 0 fully saturated rings. The maximum absolute atomic E-state index is 12.1. The van der Waals surface area contributed by atoms with Crippen LogP contribution in [-0.2, 0) is 18.3 Å². The van der Waals surface area contributed by atoms with Crippen LogP contribution in [0.4, 0.5) is 0 Å². The van der Waals surface area contributed by atoms with Gasteiger partial charge in [-0.15, -0.1) is 21.5 Å². The maximum atomic E-state index is 12.1. The van der Waals surface area contributed by atoms with Gasteiger partial charge in [0.05, 0.1) is 20.5 Å². The van der Waals surface area contributed by atoms with Gasteiger partial charge in [-0.25, -0.2) is 4.98 Å². The number of fused-ring (bicyclic) bond motifs is 1. The van der Waals surface area contributed by atoms with Crippen molar-refractivity contribution >= 4 is 39.2 Å². The van der Waals surface area contributed by atoms with E-state index in [0.29, 0.717) is 6.54 Å². The van der Waals surface area contributed by atoms with E-state index in [4.69, 9.17) is 0 Å². The lowest BCUT2D eigenvalue weighted by Gasteiger charge is -2.10. The third-order valence-electron chi connectivity index (χ3n) is 3.30. The van der Waals surface area contributed by atoms with E-state index >= 15 is 0 Å². The van der Waals surface area contributed by atoms with Gasteiger partial charge in [0.15, 0.2) is 5.16 Å². The number of carbonyl (C=O) groups is 1. The molecule has 2 heterocycles. The van der Waals surface area contributed by atoms with Crippen molar-refractivity contribution < 1.29 is 4.79 Å². The second-order valence-electron chi connectivity index (χ2n) is 5.10. The highest BCUT2D eigenvalue weighted by atomic mass is 32.2. The fraction of sp³-hybridized carbons (Fsp3) is 0.333. The number of nitrogens with one attached hydrogen (secondary N) is 1. The van der Waals surface area contributed by atoms with Crippen molar-refractivity contribution in [1.82, 2.24) is 25.1 Å². The number of rotatable bonds is 6. The summed E-state index contributed by atoms with van der Waals surface area (Å²) in [5.41, 5.74) is 1.02. The van der Waals surface area contributed by atoms with Crippen LogP contribution in [0.5, 0.6) is 0 Å². The van der Waals surface area contributed by atoms with E-state index in [9.17, 15) is 4.79 Å². The quantitative estimate of drug-likeness (QED) is 0.693. The number of benzene rings is 1. The molecule has 6 nitrogen and oxygen atoms in total. The summed E-state index contributed by atoms with van der Waals surface area (Å²) in [7, 11) is 1.86. The Morgan fingerprint density at radius 2 is 2.26 bits per heavy atom. The van der Waals surface area contributed by atoms with E-state index in [1.807, 2.05) is 32.2 Å². The normalized spacial score (nSPS) is 12.4. The summed E-state index contributed by atoms with van der Waals surface area (Å²) >= 11 is 3.07. The standard InChI is InChI=1S/C15H17N5OS2/c1-10(22-15-19-17-9-20(15)2)14(21)16-8-7-13-18-11-5-3-4-6-12(11)23-13/h3-6,9-10H,7-8H2,1-2H3,(H,16,21). The fourth-order valence-corrected chi connectivity index (χ4v) is 3.84. The number of para-hydroxylation sites is 1. The van der Waals surface area contributed by atoms with Crippen LogP contribution in [0, 0.1) is 0 Å². The largest absolute Gasteiger partial charge is 0.355 e. The molecule has 2 aromatic heterocycles. The molecule has 3 aromatic rings. The molecule has 120 valence electrons. The van der Waals surface area contributed by atoms with Crippen molar-refractivity contribution in [3.63, 3.8) is 0 Å². The van der Waals surface area contributed by atoms with E-state index in [0.717, 1.165) is 22.1 Å². The second kappa shape index (κ2) is 7.10. The molecule has 0 spiro atoms. The summed E-state index contributed by atoms with van der Waals surface area (Å²) in [5, 5.41) is 12.3. The summed E-state index contributed by atoms with van der Waals surface area (Å²) < 4.78 is 2.98. The molecule has 1 N–H and O–H groups in total. The zero-order chi connectivity index (χ0) is 16.2. The Morgan fingerprint density at radius 3 is 3.00 bits per heavy atom. The molecular formula is C15H17N5OS2. The van der Waals surface area contributed by atoms with Gasteiger partial charge < -0.3 is 9.88 Å². The smallest absolute Gasteiger partial charge is 0.233 e. The highest BCUT2D eigenvalue weighted by Crippen LogP contribution is 2.22. The molecule has 3 rings (SSSR count). The van der Waals surface area contributed by atoms with E-state index in [2.05, 4.69) is 26.6 Å². The number of thiazole rings is 1. The Kier molecular flexibility index (Phi) is 4.92. The highest BCUT2D eigenvalue weighted by molar-refractivity contribution is 8.00. The number of amides is 1. The molecule has 1 atom stereocenters. The summed E-state index contributed by atoms with van der Waals surface area (Å²) in [6.07, 6.45) is 2.37. The number of aryl methyl sites for hydroxylation is 1. The Morgan fingerprint density at radius 1 is 1.43 bits per heavy atom. The molecule has 23 heavy (non-hydrogen) atoms. The van der Waals surface area contributed by atoms with Crippen LogP contribution in [0.1, 0.15) is 11.9 Å². The summed E-state index contributed by atoms with van der Waals surface area (Å²) in [5.74, 6) is -0.000823. The predicted octanol–water partition coefficient (Wildman–Crippen LogP) is 2.26. The minimum absolute atomic E-state index is 0.000823. The first kappa shape index (κ1) is 15.9. The zero-order valence-electron chi connectivity index (χ0n) is 12.9. The van der Waals surface area contributed by atoms with Gasteiger partial charge >= 0.3 is 0 Å². The molecule has 0 aliphatic carbocycles. The van der Waals surface area contributed by atoms with Crippen molar-refractivity contribution in [1.29, 1.82) is 0 Å². The van der Waals surface area contributed by atoms with Crippen LogP contribution in [-0.4, -0.2) is 37.5 Å². The van der Waals surface area contributed by atoms with Gasteiger partial charge in [-0.3, -0.25) is 4.79 Å². The number of hydrogen-bond donors (Lipinski definition) is 1. The van der Waals surface area contributed by atoms with E-state index in [1.54, 1.807) is 22.2 Å². The molecule has 0 bridgehead atoms. The molecule has 1 amide bonds. The molecule has 8 heteroatoms. The van der Waals surface area contributed by atoms with Gasteiger partial charge in [0, 0.05) is 20.0 Å². The number of aromatic nitrogens is 4. The maximum Gasteiger partial charge on any atom is 0.233 e. The van der Waals surface area contributed by atoms with Crippen LogP contribution >= 0.6 is 23.1 Å². The Balaban J connectivity index is 1.49. The third-order valence-corrected chi connectivity index (χ3v) is 5.54. The van der Waals surface area contributed by atoms with Gasteiger partial charge in [0.2, 0.25) is 5.91 Å². The molecular weight excluding hydrogens is 330 g/mol. The van der Waals surface area contributed by atoms with Gasteiger partial charge in [0.1, 0.15) is 6.33 Å². The second-order valence-corrected chi connectivity index (χ2v) is 7.52. The summed E-state index contributed by atoms with van der Waals surface area (Å²) in [4.78, 5) is 16.7. The lowest BCUT2D eigenvalue weighted by Crippen LogP contribution is -2.32. The fourth-order valence-electron chi connectivity index (χ4n) is 2.05. The lowest BCUT2D eigenvalue weighted by atomic mass is 10.3. The first-order chi connectivity index (χ1) is 11.1. The van der Waals surface area contributed by atoms with Crippen LogP contribution in [0.2, 0.25) is 0 Å². The topological polar surface area (TPSA) is 72.7 Å². The SMILES string of the molecule is CC(Sc1nncn1C)C(=O)NCCc1nc2ccccc2s1. The van der Waals surface area contributed by atoms with Gasteiger partial charge in [-0.05, 0) is 19.1 Å². The molecule has 0 radical (unpaired) electrons. The minimum atomic E-state index is -0.215. The van der Waals surface area contributed by atoms with Crippen LogP contribution in [0.25, 0.3) is 10.2 Å². The van der Waals surface area contributed by atoms with Crippen molar-refractivity contribution in [3.05, 3.63) is 35.6 Å².